The minimum absolute atomic E-state index is 0.114. The molecule has 5 nitrogen and oxygen atoms in total. The van der Waals surface area contributed by atoms with Crippen LogP contribution < -0.4 is 0 Å². The van der Waals surface area contributed by atoms with E-state index in [1.165, 1.54) is 0 Å². The number of thiazole rings is 1. The molecule has 1 amide bonds. The number of carbonyl (C=O) groups excluding carboxylic acids is 3. The summed E-state index contributed by atoms with van der Waals surface area (Å²) in [5.74, 6) is 0.114. The van der Waals surface area contributed by atoms with Crippen LogP contribution in [-0.4, -0.2) is 35.0 Å². The molecule has 0 unspecified atom stereocenters. The van der Waals surface area contributed by atoms with Crippen LogP contribution in [0.3, 0.4) is 0 Å². The lowest BCUT2D eigenvalue weighted by atomic mass is 10.2. The summed E-state index contributed by atoms with van der Waals surface area (Å²) < 4.78 is 0. The lowest BCUT2D eigenvalue weighted by Crippen LogP contribution is -2.33. The van der Waals surface area contributed by atoms with E-state index in [2.05, 4.69) is 11.1 Å². The number of likely N-dealkylation sites (N-methyl/N-ethyl adjacent to an activating group) is 1. The van der Waals surface area contributed by atoms with Crippen molar-refractivity contribution in [3.8, 4) is 0 Å². The van der Waals surface area contributed by atoms with E-state index in [4.69, 9.17) is 9.59 Å². The second-order valence-electron chi connectivity index (χ2n) is 4.88. The van der Waals surface area contributed by atoms with Gasteiger partial charge in [0.2, 0.25) is 5.91 Å². The molecule has 112 valence electrons. The fraction of sp³-hybridized carbons (Fsp3) is 0.400. The first-order valence-corrected chi connectivity index (χ1v) is 7.38. The lowest BCUT2D eigenvalue weighted by molar-refractivity contribution is -0.191. The van der Waals surface area contributed by atoms with Crippen molar-refractivity contribution in [2.75, 3.05) is 7.05 Å². The molecule has 1 aliphatic rings. The first kappa shape index (κ1) is 17.0. The SMILES string of the molecule is Cc1nc(C2=CCC(C(=O)N(C)C(C)C)=C2)cs1.O=C=O. The smallest absolute Gasteiger partial charge is 0.340 e. The molecule has 0 saturated carbocycles. The molecule has 2 rings (SSSR count). The van der Waals surface area contributed by atoms with Crippen molar-refractivity contribution in [3.05, 3.63) is 33.8 Å². The van der Waals surface area contributed by atoms with E-state index in [1.54, 1.807) is 16.2 Å². The number of carbonyl (C=O) groups is 1. The fourth-order valence-electron chi connectivity index (χ4n) is 1.81. The Labute approximate surface area is 128 Å². The minimum Gasteiger partial charge on any atom is -0.340 e. The van der Waals surface area contributed by atoms with Crippen LogP contribution in [0.15, 0.2) is 23.1 Å². The summed E-state index contributed by atoms with van der Waals surface area (Å²) in [6.07, 6.45) is 5.01. The van der Waals surface area contributed by atoms with Crippen molar-refractivity contribution < 1.29 is 14.4 Å². The summed E-state index contributed by atoms with van der Waals surface area (Å²) in [5.41, 5.74) is 2.90. The Morgan fingerprint density at radius 2 is 2.05 bits per heavy atom. The molecule has 1 aromatic heterocycles. The molecule has 21 heavy (non-hydrogen) atoms. The number of hydrogen-bond donors (Lipinski definition) is 0. The largest absolute Gasteiger partial charge is 0.373 e. The summed E-state index contributed by atoms with van der Waals surface area (Å²) in [4.78, 5) is 34.6. The van der Waals surface area contributed by atoms with Crippen LogP contribution in [-0.2, 0) is 14.4 Å². The van der Waals surface area contributed by atoms with E-state index in [1.807, 2.05) is 39.3 Å². The van der Waals surface area contributed by atoms with Gasteiger partial charge in [0.05, 0.1) is 10.7 Å². The lowest BCUT2D eigenvalue weighted by Gasteiger charge is -2.21. The standard InChI is InChI=1S/C14H18N2OS.CO2/c1-9(2)16(4)14(17)12-6-5-11(7-12)13-8-18-10(3)15-13;2-1-3/h5,7-9H,6H2,1-4H3;. The van der Waals surface area contributed by atoms with Crippen molar-refractivity contribution in [1.29, 1.82) is 0 Å². The maximum Gasteiger partial charge on any atom is 0.373 e. The van der Waals surface area contributed by atoms with Crippen LogP contribution in [0.5, 0.6) is 0 Å². The Hall–Kier alpha value is -2.04. The first-order chi connectivity index (χ1) is 9.90. The maximum atomic E-state index is 12.2. The molecule has 0 aromatic carbocycles. The summed E-state index contributed by atoms with van der Waals surface area (Å²) in [7, 11) is 1.85. The highest BCUT2D eigenvalue weighted by molar-refractivity contribution is 7.09. The first-order valence-electron chi connectivity index (χ1n) is 6.50. The summed E-state index contributed by atoms with van der Waals surface area (Å²) in [6.45, 7) is 6.03. The third kappa shape index (κ3) is 4.48. The molecule has 0 radical (unpaired) electrons. The zero-order valence-corrected chi connectivity index (χ0v) is 13.4. The molecule has 0 N–H and O–H groups in total. The van der Waals surface area contributed by atoms with Crippen LogP contribution in [0, 0.1) is 6.92 Å². The molecule has 6 heteroatoms. The average molecular weight is 306 g/mol. The summed E-state index contributed by atoms with van der Waals surface area (Å²) >= 11 is 1.64. The zero-order chi connectivity index (χ0) is 16.0. The molecule has 0 atom stereocenters. The highest BCUT2D eigenvalue weighted by Gasteiger charge is 2.20. The Kier molecular flexibility index (Phi) is 6.21. The summed E-state index contributed by atoms with van der Waals surface area (Å²) in [5, 5.41) is 3.09. The number of nitrogens with zero attached hydrogens (tertiary/aromatic N) is 2. The molecule has 1 heterocycles. The van der Waals surface area contributed by atoms with Gasteiger partial charge in [0.1, 0.15) is 0 Å². The third-order valence-corrected chi connectivity index (χ3v) is 3.93. The Morgan fingerprint density at radius 1 is 1.43 bits per heavy atom. The normalized spacial score (nSPS) is 13.0. The Balaban J connectivity index is 0.000000677. The van der Waals surface area contributed by atoms with Gasteiger partial charge in [-0.25, -0.2) is 4.98 Å². The number of aryl methyl sites for hydroxylation is 1. The van der Waals surface area contributed by atoms with E-state index < -0.39 is 0 Å². The van der Waals surface area contributed by atoms with Crippen LogP contribution in [0.2, 0.25) is 0 Å². The molecule has 0 fully saturated rings. The molecule has 1 aliphatic carbocycles. The van der Waals surface area contributed by atoms with Crippen molar-refractivity contribution in [3.63, 3.8) is 0 Å². The van der Waals surface area contributed by atoms with Crippen molar-refractivity contribution in [2.24, 2.45) is 0 Å². The van der Waals surface area contributed by atoms with Gasteiger partial charge in [0.25, 0.3) is 0 Å². The van der Waals surface area contributed by atoms with Gasteiger partial charge in [-0.05, 0) is 38.8 Å². The predicted octanol–water partition coefficient (Wildman–Crippen LogP) is 2.45. The third-order valence-electron chi connectivity index (χ3n) is 3.16. The minimum atomic E-state index is 0.114. The van der Waals surface area contributed by atoms with Crippen LogP contribution in [0.25, 0.3) is 5.57 Å². The molecule has 0 aliphatic heterocycles. The van der Waals surface area contributed by atoms with Gasteiger partial charge in [-0.3, -0.25) is 4.79 Å². The van der Waals surface area contributed by atoms with E-state index in [9.17, 15) is 4.79 Å². The van der Waals surface area contributed by atoms with Gasteiger partial charge >= 0.3 is 6.15 Å². The van der Waals surface area contributed by atoms with Gasteiger partial charge in [0, 0.05) is 24.0 Å². The van der Waals surface area contributed by atoms with Gasteiger partial charge in [0.15, 0.2) is 0 Å². The van der Waals surface area contributed by atoms with Crippen LogP contribution in [0.4, 0.5) is 0 Å². The maximum absolute atomic E-state index is 12.2. The molecule has 0 spiro atoms. The Morgan fingerprint density at radius 3 is 2.52 bits per heavy atom. The second kappa shape index (κ2) is 7.67. The molecule has 0 bridgehead atoms. The molecule has 0 saturated heterocycles. The van der Waals surface area contributed by atoms with Gasteiger partial charge in [-0.1, -0.05) is 6.08 Å². The van der Waals surface area contributed by atoms with E-state index in [0.717, 1.165) is 21.8 Å². The van der Waals surface area contributed by atoms with Crippen LogP contribution >= 0.6 is 11.3 Å². The van der Waals surface area contributed by atoms with Crippen molar-refractivity contribution >= 4 is 29.0 Å². The van der Waals surface area contributed by atoms with Gasteiger partial charge < -0.3 is 4.90 Å². The van der Waals surface area contributed by atoms with Crippen LogP contribution in [0.1, 0.15) is 31.0 Å². The highest BCUT2D eigenvalue weighted by Crippen LogP contribution is 2.28. The van der Waals surface area contributed by atoms with Crippen molar-refractivity contribution in [2.45, 2.75) is 33.2 Å². The second-order valence-corrected chi connectivity index (χ2v) is 5.94. The number of hydrogen-bond acceptors (Lipinski definition) is 5. The van der Waals surface area contributed by atoms with E-state index in [-0.39, 0.29) is 18.1 Å². The van der Waals surface area contributed by atoms with Gasteiger partial charge in [-0.2, -0.15) is 9.59 Å². The predicted molar refractivity (Wildman–Crippen MR) is 80.4 cm³/mol. The van der Waals surface area contributed by atoms with E-state index >= 15 is 0 Å². The molecular weight excluding hydrogens is 288 g/mol. The quantitative estimate of drug-likeness (QED) is 0.860. The number of amides is 1. The fourth-order valence-corrected chi connectivity index (χ4v) is 2.43. The summed E-state index contributed by atoms with van der Waals surface area (Å²) in [6, 6.07) is 0.226. The van der Waals surface area contributed by atoms with Crippen molar-refractivity contribution in [1.82, 2.24) is 9.88 Å². The topological polar surface area (TPSA) is 67.3 Å². The monoisotopic (exact) mass is 306 g/mol. The zero-order valence-electron chi connectivity index (χ0n) is 12.5. The average Bonchev–Trinajstić information content (AvgIpc) is 3.06. The number of allylic oxidation sites excluding steroid dienone is 3. The number of rotatable bonds is 3. The number of aromatic nitrogens is 1. The Bertz CT molecular complexity index is 608. The molecule has 1 aromatic rings. The highest BCUT2D eigenvalue weighted by atomic mass is 32.1. The molecular formula is C15H18N2O3S. The van der Waals surface area contributed by atoms with Gasteiger partial charge in [-0.15, -0.1) is 11.3 Å². The van der Waals surface area contributed by atoms with E-state index in [0.29, 0.717) is 6.42 Å².